The topological polar surface area (TPSA) is 106 Å². The first-order valence-corrected chi connectivity index (χ1v) is 15.4. The van der Waals surface area contributed by atoms with Gasteiger partial charge in [-0.25, -0.2) is 14.7 Å². The van der Waals surface area contributed by atoms with Crippen LogP contribution in [0, 0.1) is 12.8 Å². The fourth-order valence-corrected chi connectivity index (χ4v) is 5.80. The summed E-state index contributed by atoms with van der Waals surface area (Å²) >= 11 is 0. The first-order valence-electron chi connectivity index (χ1n) is 15.4. The number of hydrogen-bond acceptors (Lipinski definition) is 6. The van der Waals surface area contributed by atoms with Gasteiger partial charge in [0.15, 0.2) is 0 Å². The van der Waals surface area contributed by atoms with Crippen molar-refractivity contribution in [2.75, 3.05) is 54.9 Å². The van der Waals surface area contributed by atoms with Crippen molar-refractivity contribution < 1.29 is 19.2 Å². The highest BCUT2D eigenvalue weighted by molar-refractivity contribution is 6.20. The smallest absolute Gasteiger partial charge is 0.321 e. The van der Waals surface area contributed by atoms with E-state index in [-0.39, 0.29) is 35.9 Å². The number of imide groups is 1. The molecule has 2 aliphatic heterocycles. The molecule has 0 saturated carbocycles. The van der Waals surface area contributed by atoms with Crippen molar-refractivity contribution in [3.63, 3.8) is 0 Å². The van der Waals surface area contributed by atoms with Gasteiger partial charge in [-0.1, -0.05) is 67.1 Å². The highest BCUT2D eigenvalue weighted by atomic mass is 16.2. The summed E-state index contributed by atoms with van der Waals surface area (Å²) in [5.74, 6) is -1.37. The zero-order valence-electron chi connectivity index (χ0n) is 26.1. The number of fused-ring (bicyclic) bond motifs is 1. The summed E-state index contributed by atoms with van der Waals surface area (Å²) in [6, 6.07) is 25.1. The van der Waals surface area contributed by atoms with E-state index in [2.05, 4.69) is 15.2 Å². The van der Waals surface area contributed by atoms with Crippen molar-refractivity contribution >= 4 is 40.9 Å². The molecule has 0 spiro atoms. The highest BCUT2D eigenvalue weighted by Crippen LogP contribution is 2.36. The third kappa shape index (κ3) is 6.12. The molecule has 5 amide bonds. The van der Waals surface area contributed by atoms with E-state index in [0.717, 1.165) is 29.8 Å². The number of rotatable bonds is 4. The number of aromatic nitrogens is 1. The average Bonchev–Trinajstić information content (AvgIpc) is 3.18. The number of amides is 5. The Morgan fingerprint density at radius 1 is 0.826 bits per heavy atom. The maximum atomic E-state index is 13.9. The number of anilines is 3. The third-order valence-electron chi connectivity index (χ3n) is 8.51. The summed E-state index contributed by atoms with van der Waals surface area (Å²) in [4.78, 5) is 65.5. The van der Waals surface area contributed by atoms with Crippen LogP contribution in [0.25, 0.3) is 11.1 Å². The molecular formula is C36H36N6O4. The quantitative estimate of drug-likeness (QED) is 0.333. The molecule has 4 aromatic rings. The van der Waals surface area contributed by atoms with E-state index in [0.29, 0.717) is 35.8 Å². The van der Waals surface area contributed by atoms with Gasteiger partial charge in [0.25, 0.3) is 11.8 Å². The van der Waals surface area contributed by atoms with Crippen LogP contribution in [0.5, 0.6) is 0 Å². The van der Waals surface area contributed by atoms with Crippen LogP contribution in [-0.2, 0) is 4.79 Å². The lowest BCUT2D eigenvalue weighted by atomic mass is 9.98. The number of para-hydroxylation sites is 2. The van der Waals surface area contributed by atoms with E-state index < -0.39 is 5.92 Å². The molecule has 46 heavy (non-hydrogen) atoms. The molecule has 1 aromatic heterocycles. The number of aryl methyl sites for hydroxylation is 1. The predicted octanol–water partition coefficient (Wildman–Crippen LogP) is 5.31. The van der Waals surface area contributed by atoms with Gasteiger partial charge in [-0.2, -0.15) is 0 Å². The van der Waals surface area contributed by atoms with Gasteiger partial charge in [0.1, 0.15) is 5.82 Å². The van der Waals surface area contributed by atoms with Crippen LogP contribution in [-0.4, -0.2) is 78.3 Å². The van der Waals surface area contributed by atoms with Gasteiger partial charge < -0.3 is 20.0 Å². The molecule has 1 saturated heterocycles. The Morgan fingerprint density at radius 2 is 1.50 bits per heavy atom. The monoisotopic (exact) mass is 616 g/mol. The molecule has 0 radical (unpaired) electrons. The number of carbonyl (C=O) groups excluding carboxylic acids is 4. The highest BCUT2D eigenvalue weighted by Gasteiger charge is 2.39. The molecule has 1 unspecified atom stereocenters. The minimum absolute atomic E-state index is 0.0927. The summed E-state index contributed by atoms with van der Waals surface area (Å²) in [6.45, 7) is 6.31. The molecule has 10 heteroatoms. The second-order valence-electron chi connectivity index (χ2n) is 11.8. The molecule has 6 rings (SSSR count). The van der Waals surface area contributed by atoms with Crippen molar-refractivity contribution in [3.8, 4) is 11.1 Å². The standard InChI is InChI=1S/C36H36N6O4/c1-24-12-14-26(15-13-24)28-8-4-5-9-29(28)33(43)38-32-17-16-27(22-37-32)35(45)41-23-25(2)34(44)42(31-11-7-6-10-30(31)41)36(46)40-20-18-39(3)19-21-40/h4-17,22,25H,18-21,23H2,1-3H3,(H,37,38,43). The Kier molecular flexibility index (Phi) is 8.63. The number of pyridine rings is 1. The number of benzene rings is 3. The SMILES string of the molecule is Cc1ccc(-c2ccccc2C(=O)Nc2ccc(C(=O)N3CC(C)C(=O)N(C(=O)N4CCN(C)CC4)c4ccccc43)cn2)cc1. The van der Waals surface area contributed by atoms with E-state index in [9.17, 15) is 19.2 Å². The number of urea groups is 1. The molecule has 10 nitrogen and oxygen atoms in total. The number of carbonyl (C=O) groups is 4. The molecule has 0 bridgehead atoms. The number of nitrogens with zero attached hydrogens (tertiary/aromatic N) is 5. The lowest BCUT2D eigenvalue weighted by Gasteiger charge is -2.35. The summed E-state index contributed by atoms with van der Waals surface area (Å²) < 4.78 is 0. The second kappa shape index (κ2) is 12.9. The van der Waals surface area contributed by atoms with Crippen LogP contribution in [0.3, 0.4) is 0 Å². The normalized spacial score (nSPS) is 16.9. The van der Waals surface area contributed by atoms with E-state index >= 15 is 0 Å². The van der Waals surface area contributed by atoms with Crippen LogP contribution in [0.4, 0.5) is 22.0 Å². The maximum absolute atomic E-state index is 13.9. The Hall–Kier alpha value is -5.35. The van der Waals surface area contributed by atoms with Crippen LogP contribution in [0.15, 0.2) is 91.1 Å². The molecule has 1 fully saturated rings. The largest absolute Gasteiger partial charge is 0.331 e. The number of likely N-dealkylation sites (N-methyl/N-ethyl adjacent to an activating group) is 1. The maximum Gasteiger partial charge on any atom is 0.331 e. The summed E-state index contributed by atoms with van der Waals surface area (Å²) in [6.07, 6.45) is 1.41. The van der Waals surface area contributed by atoms with Crippen molar-refractivity contribution in [1.29, 1.82) is 0 Å². The summed E-state index contributed by atoms with van der Waals surface area (Å²) in [7, 11) is 2.00. The second-order valence-corrected chi connectivity index (χ2v) is 11.8. The first-order chi connectivity index (χ1) is 22.2. The molecule has 3 aromatic carbocycles. The number of nitrogens with one attached hydrogen (secondary N) is 1. The first kappa shape index (κ1) is 30.7. The van der Waals surface area contributed by atoms with Crippen molar-refractivity contribution in [3.05, 3.63) is 108 Å². The molecule has 1 N–H and O–H groups in total. The van der Waals surface area contributed by atoms with Crippen molar-refractivity contribution in [1.82, 2.24) is 14.8 Å². The Balaban J connectivity index is 1.22. The van der Waals surface area contributed by atoms with Gasteiger partial charge in [-0.15, -0.1) is 0 Å². The molecule has 3 heterocycles. The van der Waals surface area contributed by atoms with Gasteiger partial charge in [0, 0.05) is 44.5 Å². The molecule has 2 aliphatic rings. The van der Waals surface area contributed by atoms with E-state index in [1.54, 1.807) is 54.3 Å². The fraction of sp³-hybridized carbons (Fsp3) is 0.250. The van der Waals surface area contributed by atoms with E-state index in [1.807, 2.05) is 56.4 Å². The summed E-state index contributed by atoms with van der Waals surface area (Å²) in [5.41, 5.74) is 4.49. The van der Waals surface area contributed by atoms with Crippen molar-refractivity contribution in [2.24, 2.45) is 5.92 Å². The molecule has 1 atom stereocenters. The van der Waals surface area contributed by atoms with Gasteiger partial charge in [0.2, 0.25) is 5.91 Å². The Labute approximate surface area is 268 Å². The van der Waals surface area contributed by atoms with Gasteiger partial charge >= 0.3 is 6.03 Å². The zero-order valence-corrected chi connectivity index (χ0v) is 26.1. The zero-order chi connectivity index (χ0) is 32.4. The third-order valence-corrected chi connectivity index (χ3v) is 8.51. The van der Waals surface area contributed by atoms with Gasteiger partial charge in [-0.05, 0) is 55.4 Å². The van der Waals surface area contributed by atoms with Gasteiger partial charge in [-0.3, -0.25) is 14.4 Å². The molecule has 0 aliphatic carbocycles. The van der Waals surface area contributed by atoms with Crippen LogP contribution >= 0.6 is 0 Å². The number of hydrogen-bond donors (Lipinski definition) is 1. The Bertz CT molecular complexity index is 1780. The Morgan fingerprint density at radius 3 is 2.20 bits per heavy atom. The molecular weight excluding hydrogens is 580 g/mol. The van der Waals surface area contributed by atoms with E-state index in [4.69, 9.17) is 0 Å². The molecule has 234 valence electrons. The van der Waals surface area contributed by atoms with E-state index in [1.165, 1.54) is 16.0 Å². The van der Waals surface area contributed by atoms with Crippen LogP contribution in [0.2, 0.25) is 0 Å². The fourth-order valence-electron chi connectivity index (χ4n) is 5.80. The summed E-state index contributed by atoms with van der Waals surface area (Å²) in [5, 5.41) is 2.84. The van der Waals surface area contributed by atoms with Crippen LogP contribution < -0.4 is 15.1 Å². The predicted molar refractivity (Wildman–Crippen MR) is 178 cm³/mol. The minimum Gasteiger partial charge on any atom is -0.321 e. The van der Waals surface area contributed by atoms with Crippen molar-refractivity contribution in [2.45, 2.75) is 13.8 Å². The lowest BCUT2D eigenvalue weighted by molar-refractivity contribution is -0.120. The van der Waals surface area contributed by atoms with Crippen LogP contribution in [0.1, 0.15) is 33.2 Å². The van der Waals surface area contributed by atoms with Gasteiger partial charge in [0.05, 0.1) is 22.9 Å². The average molecular weight is 617 g/mol. The lowest BCUT2D eigenvalue weighted by Crippen LogP contribution is -2.54. The number of piperazine rings is 1. The minimum atomic E-state index is -0.632.